The number of aliphatic imine (C=N–C) groups is 1. The first-order valence-electron chi connectivity index (χ1n) is 8.96. The Hall–Kier alpha value is -4.15. The molecular formula is C23H17N3O3. The highest BCUT2D eigenvalue weighted by molar-refractivity contribution is 5.99. The number of hydrogen-bond acceptors (Lipinski definition) is 4. The molecule has 4 aromatic rings. The predicted octanol–water partition coefficient (Wildman–Crippen LogP) is 4.28. The Bertz CT molecular complexity index is 1240. The Morgan fingerprint density at radius 2 is 1.79 bits per heavy atom. The molecule has 6 heteroatoms. The van der Waals surface area contributed by atoms with Gasteiger partial charge in [-0.05, 0) is 29.8 Å². The maximum atomic E-state index is 11.9. The number of carbonyl (C=O) groups is 1. The molecule has 6 nitrogen and oxygen atoms in total. The lowest BCUT2D eigenvalue weighted by Gasteiger charge is -2.11. The summed E-state index contributed by atoms with van der Waals surface area (Å²) in [4.78, 5) is 26.5. The first-order valence-corrected chi connectivity index (χ1v) is 8.96. The topological polar surface area (TPSA) is 86.7 Å². The van der Waals surface area contributed by atoms with Gasteiger partial charge in [0.1, 0.15) is 18.0 Å². The average molecular weight is 383 g/mol. The summed E-state index contributed by atoms with van der Waals surface area (Å²) in [7, 11) is 0. The zero-order chi connectivity index (χ0) is 20.2. The molecule has 0 aliphatic carbocycles. The van der Waals surface area contributed by atoms with Crippen LogP contribution in [0.15, 0.2) is 84.0 Å². The zero-order valence-electron chi connectivity index (χ0n) is 15.4. The van der Waals surface area contributed by atoms with Gasteiger partial charge in [0.15, 0.2) is 0 Å². The number of para-hydroxylation sites is 1. The van der Waals surface area contributed by atoms with Crippen molar-refractivity contribution in [2.75, 3.05) is 0 Å². The van der Waals surface area contributed by atoms with Crippen molar-refractivity contribution in [2.45, 2.75) is 6.61 Å². The van der Waals surface area contributed by atoms with E-state index in [0.29, 0.717) is 29.3 Å². The van der Waals surface area contributed by atoms with Crippen molar-refractivity contribution in [1.29, 1.82) is 0 Å². The van der Waals surface area contributed by atoms with Crippen LogP contribution in [-0.2, 0) is 11.4 Å². The number of benzene rings is 3. The van der Waals surface area contributed by atoms with Crippen LogP contribution in [0.5, 0.6) is 5.75 Å². The third-order valence-corrected chi connectivity index (χ3v) is 4.60. The smallest absolute Gasteiger partial charge is 0.250 e. The molecular weight excluding hydrogens is 366 g/mol. The lowest BCUT2D eigenvalue weighted by Crippen LogP contribution is -2.14. The summed E-state index contributed by atoms with van der Waals surface area (Å²) < 4.78 is 7.70. The SMILES string of the molecule is NC(=O)c1ccccc1-n1cc(N=C=O)c2ccc(OCc3ccccc3)cc21. The molecule has 3 aromatic carbocycles. The minimum absolute atomic E-state index is 0.363. The van der Waals surface area contributed by atoms with Gasteiger partial charge in [-0.1, -0.05) is 42.5 Å². The quantitative estimate of drug-likeness (QED) is 0.398. The van der Waals surface area contributed by atoms with Gasteiger partial charge in [0, 0.05) is 17.6 Å². The van der Waals surface area contributed by atoms with Crippen LogP contribution in [0.4, 0.5) is 5.69 Å². The third-order valence-electron chi connectivity index (χ3n) is 4.60. The molecule has 0 fully saturated rings. The van der Waals surface area contributed by atoms with Gasteiger partial charge >= 0.3 is 0 Å². The highest BCUT2D eigenvalue weighted by Gasteiger charge is 2.15. The predicted molar refractivity (Wildman–Crippen MR) is 110 cm³/mol. The van der Waals surface area contributed by atoms with Gasteiger partial charge in [0.05, 0.1) is 16.8 Å². The van der Waals surface area contributed by atoms with Crippen molar-refractivity contribution in [3.63, 3.8) is 0 Å². The molecule has 142 valence electrons. The Kier molecular flexibility index (Phi) is 4.93. The van der Waals surface area contributed by atoms with Gasteiger partial charge in [-0.2, -0.15) is 4.99 Å². The van der Waals surface area contributed by atoms with E-state index in [1.807, 2.05) is 54.6 Å². The molecule has 1 heterocycles. The van der Waals surface area contributed by atoms with E-state index < -0.39 is 5.91 Å². The minimum atomic E-state index is -0.542. The molecule has 0 saturated heterocycles. The standard InChI is InChI=1S/C23H17N3O3/c24-23(28)19-8-4-5-9-21(19)26-13-20(25-15-27)18-11-10-17(12-22(18)26)29-14-16-6-2-1-3-7-16/h1-13H,14H2,(H2,24,28). The van der Waals surface area contributed by atoms with E-state index in [1.165, 1.54) is 0 Å². The number of primary amides is 1. The third kappa shape index (κ3) is 3.65. The molecule has 29 heavy (non-hydrogen) atoms. The molecule has 0 aliphatic heterocycles. The van der Waals surface area contributed by atoms with E-state index in [2.05, 4.69) is 4.99 Å². The van der Waals surface area contributed by atoms with Gasteiger partial charge in [-0.15, -0.1) is 0 Å². The number of ether oxygens (including phenoxy) is 1. The van der Waals surface area contributed by atoms with E-state index in [1.54, 1.807) is 35.0 Å². The molecule has 4 rings (SSSR count). The highest BCUT2D eigenvalue weighted by Crippen LogP contribution is 2.34. The number of isocyanates is 1. The number of hydrogen-bond donors (Lipinski definition) is 1. The highest BCUT2D eigenvalue weighted by atomic mass is 16.5. The van der Waals surface area contributed by atoms with Crippen LogP contribution >= 0.6 is 0 Å². The van der Waals surface area contributed by atoms with Crippen molar-refractivity contribution in [3.8, 4) is 11.4 Å². The first kappa shape index (κ1) is 18.2. The van der Waals surface area contributed by atoms with Crippen molar-refractivity contribution in [2.24, 2.45) is 10.7 Å². The molecule has 0 bridgehead atoms. The largest absolute Gasteiger partial charge is 0.489 e. The van der Waals surface area contributed by atoms with Crippen molar-refractivity contribution >= 4 is 28.6 Å². The van der Waals surface area contributed by atoms with Gasteiger partial charge in [0.25, 0.3) is 5.91 Å². The maximum absolute atomic E-state index is 11.9. The molecule has 2 N–H and O–H groups in total. The van der Waals surface area contributed by atoms with Crippen LogP contribution in [0.1, 0.15) is 15.9 Å². The Balaban J connectivity index is 1.81. The molecule has 0 saturated carbocycles. The van der Waals surface area contributed by atoms with Crippen molar-refractivity contribution in [1.82, 2.24) is 4.57 Å². The number of nitrogens with two attached hydrogens (primary N) is 1. The van der Waals surface area contributed by atoms with Crippen LogP contribution in [0.25, 0.3) is 16.6 Å². The number of rotatable bonds is 6. The molecule has 0 radical (unpaired) electrons. The van der Waals surface area contributed by atoms with E-state index in [4.69, 9.17) is 10.5 Å². The molecule has 1 amide bonds. The summed E-state index contributed by atoms with van der Waals surface area (Å²) in [6.07, 6.45) is 3.26. The lowest BCUT2D eigenvalue weighted by molar-refractivity contribution is 0.100. The lowest BCUT2D eigenvalue weighted by atomic mass is 10.1. The van der Waals surface area contributed by atoms with Gasteiger partial charge in [-0.25, -0.2) is 4.79 Å². The van der Waals surface area contributed by atoms with E-state index >= 15 is 0 Å². The average Bonchev–Trinajstić information content (AvgIpc) is 3.11. The second-order valence-electron chi connectivity index (χ2n) is 6.42. The van der Waals surface area contributed by atoms with E-state index in [-0.39, 0.29) is 0 Å². The zero-order valence-corrected chi connectivity index (χ0v) is 15.4. The fraction of sp³-hybridized carbons (Fsp3) is 0.0435. The molecule has 0 spiro atoms. The number of amides is 1. The van der Waals surface area contributed by atoms with Crippen LogP contribution in [0.2, 0.25) is 0 Å². The van der Waals surface area contributed by atoms with Crippen molar-refractivity contribution in [3.05, 3.63) is 90.1 Å². The summed E-state index contributed by atoms with van der Waals surface area (Å²) in [6, 6.07) is 22.3. The van der Waals surface area contributed by atoms with Gasteiger partial charge in [-0.3, -0.25) is 4.79 Å². The van der Waals surface area contributed by atoms with Crippen LogP contribution in [-0.4, -0.2) is 16.6 Å². The Morgan fingerprint density at radius 1 is 1.03 bits per heavy atom. The summed E-state index contributed by atoms with van der Waals surface area (Å²) in [5, 5.41) is 0.736. The fourth-order valence-electron chi connectivity index (χ4n) is 3.25. The van der Waals surface area contributed by atoms with Gasteiger partial charge in [0.2, 0.25) is 6.08 Å². The molecule has 0 unspecified atom stereocenters. The van der Waals surface area contributed by atoms with Gasteiger partial charge < -0.3 is 15.0 Å². The first-order chi connectivity index (χ1) is 14.2. The summed E-state index contributed by atoms with van der Waals surface area (Å²) >= 11 is 0. The Labute approximate surface area is 166 Å². The molecule has 0 atom stereocenters. The number of fused-ring (bicyclic) bond motifs is 1. The summed E-state index contributed by atoms with van der Waals surface area (Å²) in [5.74, 6) is 0.110. The minimum Gasteiger partial charge on any atom is -0.489 e. The molecule has 1 aromatic heterocycles. The van der Waals surface area contributed by atoms with Crippen LogP contribution in [0.3, 0.4) is 0 Å². The Morgan fingerprint density at radius 3 is 2.55 bits per heavy atom. The summed E-state index contributed by atoms with van der Waals surface area (Å²) in [6.45, 7) is 0.421. The van der Waals surface area contributed by atoms with E-state index in [0.717, 1.165) is 16.5 Å². The molecule has 0 aliphatic rings. The van der Waals surface area contributed by atoms with Crippen LogP contribution in [0, 0.1) is 0 Å². The fourth-order valence-corrected chi connectivity index (χ4v) is 3.25. The number of carbonyl (C=O) groups excluding carboxylic acids is 2. The monoisotopic (exact) mass is 383 g/mol. The van der Waals surface area contributed by atoms with Crippen LogP contribution < -0.4 is 10.5 Å². The van der Waals surface area contributed by atoms with Crippen molar-refractivity contribution < 1.29 is 14.3 Å². The second kappa shape index (κ2) is 7.84. The number of aromatic nitrogens is 1. The summed E-state index contributed by atoms with van der Waals surface area (Å²) in [5.41, 5.74) is 8.73. The number of nitrogens with zero attached hydrogens (tertiary/aromatic N) is 2. The van der Waals surface area contributed by atoms with E-state index in [9.17, 15) is 9.59 Å². The normalized spacial score (nSPS) is 10.5. The maximum Gasteiger partial charge on any atom is 0.250 e. The second-order valence-corrected chi connectivity index (χ2v) is 6.42.